The third-order valence-corrected chi connectivity index (χ3v) is 12.5. The van der Waals surface area contributed by atoms with Crippen LogP contribution >= 0.6 is 0 Å². The van der Waals surface area contributed by atoms with Gasteiger partial charge < -0.3 is 64.2 Å². The number of aliphatic hydroxyl groups excluding tert-OH is 7. The van der Waals surface area contributed by atoms with Gasteiger partial charge in [0.05, 0.1) is 26.4 Å². The molecule has 11 atom stereocenters. The van der Waals surface area contributed by atoms with Crippen LogP contribution in [-0.4, -0.2) is 142 Å². The summed E-state index contributed by atoms with van der Waals surface area (Å²) >= 11 is 0. The Morgan fingerprint density at radius 2 is 0.942 bits per heavy atom. The Bertz CT molecular complexity index is 1370. The van der Waals surface area contributed by atoms with E-state index in [2.05, 4.69) is 74.6 Å². The monoisotopic (exact) mass is 981 g/mol. The van der Waals surface area contributed by atoms with Gasteiger partial charge in [0.25, 0.3) is 0 Å². The van der Waals surface area contributed by atoms with Crippen molar-refractivity contribution in [2.75, 3.05) is 33.0 Å². The molecule has 2 aliphatic rings. The van der Waals surface area contributed by atoms with Crippen molar-refractivity contribution in [3.05, 3.63) is 60.8 Å². The van der Waals surface area contributed by atoms with Gasteiger partial charge in [0.2, 0.25) is 0 Å². The van der Waals surface area contributed by atoms with Crippen molar-refractivity contribution < 1.29 is 69.0 Å². The molecular weight excluding hydrogens is 885 g/mol. The van der Waals surface area contributed by atoms with Crippen LogP contribution < -0.4 is 0 Å². The molecule has 14 nitrogen and oxygen atoms in total. The highest BCUT2D eigenvalue weighted by Crippen LogP contribution is 2.26. The molecule has 69 heavy (non-hydrogen) atoms. The molecule has 0 bridgehead atoms. The van der Waals surface area contributed by atoms with E-state index in [0.29, 0.717) is 13.0 Å². The zero-order valence-corrected chi connectivity index (χ0v) is 42.5. The van der Waals surface area contributed by atoms with Crippen molar-refractivity contribution in [2.45, 2.75) is 248 Å². The number of hydrogen-bond donors (Lipinski definition) is 7. The van der Waals surface area contributed by atoms with E-state index in [1.807, 2.05) is 0 Å². The zero-order chi connectivity index (χ0) is 50.2. The number of unbranched alkanes of at least 4 members (excludes halogenated alkanes) is 18. The van der Waals surface area contributed by atoms with Crippen LogP contribution in [0.1, 0.15) is 181 Å². The molecule has 2 heterocycles. The first-order valence-corrected chi connectivity index (χ1v) is 26.9. The Balaban J connectivity index is 1.76. The lowest BCUT2D eigenvalue weighted by Crippen LogP contribution is -2.61. The largest absolute Gasteiger partial charge is 0.457 e. The molecule has 0 saturated carbocycles. The summed E-state index contributed by atoms with van der Waals surface area (Å²) in [4.78, 5) is 13.0. The Labute approximate surface area is 415 Å². The first-order valence-electron chi connectivity index (χ1n) is 26.9. The topological polar surface area (TPSA) is 214 Å². The van der Waals surface area contributed by atoms with Gasteiger partial charge in [-0.3, -0.25) is 4.79 Å². The van der Waals surface area contributed by atoms with Gasteiger partial charge in [-0.15, -0.1) is 0 Å². The van der Waals surface area contributed by atoms with Gasteiger partial charge in [0, 0.05) is 13.0 Å². The van der Waals surface area contributed by atoms with E-state index in [-0.39, 0.29) is 25.6 Å². The number of hydrogen-bond acceptors (Lipinski definition) is 14. The van der Waals surface area contributed by atoms with E-state index in [4.69, 9.17) is 28.4 Å². The predicted molar refractivity (Wildman–Crippen MR) is 270 cm³/mol. The maximum absolute atomic E-state index is 13.0. The van der Waals surface area contributed by atoms with Crippen molar-refractivity contribution in [3.63, 3.8) is 0 Å². The third kappa shape index (κ3) is 29.7. The van der Waals surface area contributed by atoms with Gasteiger partial charge in [-0.25, -0.2) is 0 Å². The standard InChI is InChI=1S/C55H96O14/c1-3-5-7-9-11-13-15-17-19-21-23-25-27-29-31-33-35-37-39-64-41-44(67-47(57)38-36-34-32-30-28-26-24-22-20-18-16-14-12-10-8-6-4-2)42-65-54-53(63)51(61)49(59)46(69-54)43-66-55-52(62)50(60)48(58)45(40-56)68-55/h6,8,11-14,17-20,44-46,48-56,58-63H,3-5,7,9-10,15-16,21-43H2,1-2H3/b8-6-,13-11-,14-12-,19-17-,20-18-. The van der Waals surface area contributed by atoms with Crippen LogP contribution in [0.25, 0.3) is 0 Å². The Morgan fingerprint density at radius 3 is 1.48 bits per heavy atom. The summed E-state index contributed by atoms with van der Waals surface area (Å²) < 4.78 is 34.3. The molecular formula is C55H96O14. The highest BCUT2D eigenvalue weighted by molar-refractivity contribution is 5.69. The van der Waals surface area contributed by atoms with Crippen molar-refractivity contribution in [1.29, 1.82) is 0 Å². The molecule has 0 aromatic rings. The summed E-state index contributed by atoms with van der Waals surface area (Å²) in [6, 6.07) is 0. The molecule has 2 fully saturated rings. The molecule has 400 valence electrons. The number of aliphatic hydroxyl groups is 7. The second kappa shape index (κ2) is 42.2. The maximum atomic E-state index is 13.0. The van der Waals surface area contributed by atoms with Gasteiger partial charge in [-0.05, 0) is 77.0 Å². The smallest absolute Gasteiger partial charge is 0.306 e. The fourth-order valence-electron chi connectivity index (χ4n) is 8.15. The first-order chi connectivity index (χ1) is 33.6. The lowest BCUT2D eigenvalue weighted by atomic mass is 9.98. The van der Waals surface area contributed by atoms with Crippen molar-refractivity contribution in [3.8, 4) is 0 Å². The lowest BCUT2D eigenvalue weighted by molar-refractivity contribution is -0.332. The van der Waals surface area contributed by atoms with Gasteiger partial charge in [-0.1, -0.05) is 158 Å². The fraction of sp³-hybridized carbons (Fsp3) is 0.800. The molecule has 0 spiro atoms. The van der Waals surface area contributed by atoms with Crippen molar-refractivity contribution >= 4 is 5.97 Å². The Kier molecular flexibility index (Phi) is 38.4. The number of carbonyl (C=O) groups excluding carboxylic acids is 1. The minimum atomic E-state index is -1.71. The van der Waals surface area contributed by atoms with Crippen molar-refractivity contribution in [2.24, 2.45) is 0 Å². The average Bonchev–Trinajstić information content (AvgIpc) is 3.35. The van der Waals surface area contributed by atoms with Crippen LogP contribution in [0.2, 0.25) is 0 Å². The number of ether oxygens (including phenoxy) is 6. The molecule has 11 unspecified atom stereocenters. The summed E-state index contributed by atoms with van der Waals surface area (Å²) in [5.74, 6) is -0.390. The zero-order valence-electron chi connectivity index (χ0n) is 42.5. The molecule has 0 radical (unpaired) electrons. The first kappa shape index (κ1) is 62.8. The minimum Gasteiger partial charge on any atom is -0.457 e. The van der Waals surface area contributed by atoms with Crippen LogP contribution in [0.15, 0.2) is 60.8 Å². The number of rotatable bonds is 42. The Hall–Kier alpha value is -2.31. The second-order valence-corrected chi connectivity index (χ2v) is 18.7. The van der Waals surface area contributed by atoms with E-state index in [9.17, 15) is 40.5 Å². The van der Waals surface area contributed by atoms with Crippen LogP contribution in [0.5, 0.6) is 0 Å². The maximum Gasteiger partial charge on any atom is 0.306 e. The minimum absolute atomic E-state index is 0.0512. The molecule has 0 aromatic carbocycles. The highest BCUT2D eigenvalue weighted by Gasteiger charge is 2.47. The molecule has 2 saturated heterocycles. The summed E-state index contributed by atoms with van der Waals surface area (Å²) in [5, 5.41) is 72.2. The molecule has 7 N–H and O–H groups in total. The van der Waals surface area contributed by atoms with Crippen LogP contribution in [0.4, 0.5) is 0 Å². The van der Waals surface area contributed by atoms with E-state index < -0.39 is 80.7 Å². The normalized spacial score (nSPS) is 26.2. The summed E-state index contributed by atoms with van der Waals surface area (Å²) in [6.45, 7) is 3.52. The van der Waals surface area contributed by atoms with Crippen molar-refractivity contribution in [1.82, 2.24) is 0 Å². The molecule has 0 aromatic heterocycles. The van der Waals surface area contributed by atoms with E-state index >= 15 is 0 Å². The van der Waals surface area contributed by atoms with E-state index in [1.54, 1.807) is 0 Å². The number of esters is 1. The quantitative estimate of drug-likeness (QED) is 0.0174. The summed E-state index contributed by atoms with van der Waals surface area (Å²) in [6.07, 6.45) is 34.2. The van der Waals surface area contributed by atoms with Gasteiger partial charge >= 0.3 is 5.97 Å². The fourth-order valence-corrected chi connectivity index (χ4v) is 8.15. The van der Waals surface area contributed by atoms with E-state index in [0.717, 1.165) is 83.5 Å². The average molecular weight is 981 g/mol. The number of allylic oxidation sites excluding steroid dienone is 10. The molecule has 14 heteroatoms. The third-order valence-electron chi connectivity index (χ3n) is 12.5. The summed E-state index contributed by atoms with van der Waals surface area (Å²) in [5.41, 5.74) is 0. The number of carbonyl (C=O) groups is 1. The van der Waals surface area contributed by atoms with E-state index in [1.165, 1.54) is 70.6 Å². The predicted octanol–water partition coefficient (Wildman–Crippen LogP) is 8.52. The van der Waals surface area contributed by atoms with Crippen LogP contribution in [-0.2, 0) is 33.2 Å². The SMILES string of the molecule is CC/C=C\C/C=C\C/C=C\CCCCCCCCCC(=O)OC(COCCCCCCCCCC/C=C\C/C=C\CCCCC)COC1OC(COC2OC(CO)C(O)C(O)C2O)C(O)C(O)C1O. The van der Waals surface area contributed by atoms with Gasteiger partial charge in [0.1, 0.15) is 54.9 Å². The lowest BCUT2D eigenvalue weighted by Gasteiger charge is -2.42. The highest BCUT2D eigenvalue weighted by atomic mass is 16.7. The molecule has 0 amide bonds. The van der Waals surface area contributed by atoms with Crippen LogP contribution in [0.3, 0.4) is 0 Å². The van der Waals surface area contributed by atoms with Crippen LogP contribution in [0, 0.1) is 0 Å². The second-order valence-electron chi connectivity index (χ2n) is 18.7. The molecule has 2 aliphatic heterocycles. The van der Waals surface area contributed by atoms with Gasteiger partial charge in [0.15, 0.2) is 12.6 Å². The molecule has 2 rings (SSSR count). The Morgan fingerprint density at radius 1 is 0.493 bits per heavy atom. The van der Waals surface area contributed by atoms with Gasteiger partial charge in [-0.2, -0.15) is 0 Å². The molecule has 0 aliphatic carbocycles. The summed E-state index contributed by atoms with van der Waals surface area (Å²) in [7, 11) is 0.